The van der Waals surface area contributed by atoms with E-state index in [0.29, 0.717) is 24.8 Å². The summed E-state index contributed by atoms with van der Waals surface area (Å²) < 4.78 is 23.2. The molecule has 0 aliphatic heterocycles. The van der Waals surface area contributed by atoms with Gasteiger partial charge in [0.2, 0.25) is 0 Å². The molecule has 1 aromatic carbocycles. The van der Waals surface area contributed by atoms with Crippen LogP contribution >= 0.6 is 0 Å². The van der Waals surface area contributed by atoms with Crippen LogP contribution in [0, 0.1) is 0 Å². The van der Waals surface area contributed by atoms with Gasteiger partial charge in [0.05, 0.1) is 5.75 Å². The molecule has 0 heterocycles. The van der Waals surface area contributed by atoms with Gasteiger partial charge in [-0.2, -0.15) is 0 Å². The Labute approximate surface area is 110 Å². The number of fused-ring (bicyclic) bond motifs is 1. The minimum atomic E-state index is -2.85. The van der Waals surface area contributed by atoms with Crippen LogP contribution in [0.2, 0.25) is 0 Å². The third-order valence-electron chi connectivity index (χ3n) is 3.41. The van der Waals surface area contributed by atoms with Crippen molar-refractivity contribution in [2.75, 3.05) is 18.1 Å². The highest BCUT2D eigenvalue weighted by molar-refractivity contribution is 7.91. The summed E-state index contributed by atoms with van der Waals surface area (Å²) in [5, 5.41) is 3.36. The standard InChI is InChI=1S/C14H21NO2S/c1-2-8-18(16,17)9-7-15-14-10-12-5-3-4-6-13(12)11-14/h3-6,14-15H,2,7-11H2,1H3. The van der Waals surface area contributed by atoms with Gasteiger partial charge in [-0.05, 0) is 30.4 Å². The molecule has 3 nitrogen and oxygen atoms in total. The molecule has 0 bridgehead atoms. The van der Waals surface area contributed by atoms with E-state index in [1.807, 2.05) is 6.92 Å². The first-order valence-electron chi connectivity index (χ1n) is 6.61. The van der Waals surface area contributed by atoms with E-state index < -0.39 is 9.84 Å². The van der Waals surface area contributed by atoms with Crippen molar-refractivity contribution < 1.29 is 8.42 Å². The molecule has 0 aromatic heterocycles. The Balaban J connectivity index is 1.78. The molecule has 1 aliphatic rings. The molecule has 0 amide bonds. The summed E-state index contributed by atoms with van der Waals surface area (Å²) in [7, 11) is -2.85. The Morgan fingerprint density at radius 1 is 1.17 bits per heavy atom. The van der Waals surface area contributed by atoms with Crippen molar-refractivity contribution in [1.29, 1.82) is 0 Å². The highest BCUT2D eigenvalue weighted by atomic mass is 32.2. The fraction of sp³-hybridized carbons (Fsp3) is 0.571. The average molecular weight is 267 g/mol. The number of sulfone groups is 1. The van der Waals surface area contributed by atoms with Gasteiger partial charge in [0.1, 0.15) is 0 Å². The van der Waals surface area contributed by atoms with Crippen molar-refractivity contribution in [3.05, 3.63) is 35.4 Å². The molecule has 0 radical (unpaired) electrons. The quantitative estimate of drug-likeness (QED) is 0.851. The van der Waals surface area contributed by atoms with Crippen molar-refractivity contribution in [3.63, 3.8) is 0 Å². The molecule has 0 fully saturated rings. The van der Waals surface area contributed by atoms with Crippen LogP contribution in [0.15, 0.2) is 24.3 Å². The zero-order chi connectivity index (χ0) is 13.0. The third-order valence-corrected chi connectivity index (χ3v) is 5.27. The number of hydrogen-bond donors (Lipinski definition) is 1. The second kappa shape index (κ2) is 5.85. The highest BCUT2D eigenvalue weighted by Crippen LogP contribution is 2.21. The number of nitrogens with one attached hydrogen (secondary N) is 1. The zero-order valence-electron chi connectivity index (χ0n) is 10.9. The number of benzene rings is 1. The minimum absolute atomic E-state index is 0.258. The highest BCUT2D eigenvalue weighted by Gasteiger charge is 2.20. The van der Waals surface area contributed by atoms with Gasteiger partial charge in [-0.15, -0.1) is 0 Å². The first-order valence-corrected chi connectivity index (χ1v) is 8.43. The van der Waals surface area contributed by atoms with Crippen LogP contribution in [0.1, 0.15) is 24.5 Å². The van der Waals surface area contributed by atoms with Gasteiger partial charge in [0.15, 0.2) is 9.84 Å². The molecule has 0 unspecified atom stereocenters. The topological polar surface area (TPSA) is 46.2 Å². The smallest absolute Gasteiger partial charge is 0.151 e. The van der Waals surface area contributed by atoms with Crippen molar-refractivity contribution in [2.45, 2.75) is 32.2 Å². The van der Waals surface area contributed by atoms with E-state index in [0.717, 1.165) is 12.8 Å². The van der Waals surface area contributed by atoms with Gasteiger partial charge in [-0.3, -0.25) is 0 Å². The Morgan fingerprint density at radius 3 is 2.33 bits per heavy atom. The SMILES string of the molecule is CCCS(=O)(=O)CCNC1Cc2ccccc2C1. The monoisotopic (exact) mass is 267 g/mol. The van der Waals surface area contributed by atoms with Crippen molar-refractivity contribution in [2.24, 2.45) is 0 Å². The van der Waals surface area contributed by atoms with Gasteiger partial charge in [0, 0.05) is 18.3 Å². The summed E-state index contributed by atoms with van der Waals surface area (Å²) in [5.74, 6) is 0.563. The molecule has 18 heavy (non-hydrogen) atoms. The fourth-order valence-corrected chi connectivity index (χ4v) is 3.79. The van der Waals surface area contributed by atoms with Crippen LogP contribution < -0.4 is 5.32 Å². The predicted octanol–water partition coefficient (Wildman–Crippen LogP) is 1.57. The van der Waals surface area contributed by atoms with Crippen molar-refractivity contribution in [1.82, 2.24) is 5.32 Å². The number of rotatable bonds is 6. The van der Waals surface area contributed by atoms with E-state index in [9.17, 15) is 8.42 Å². The molecule has 1 N–H and O–H groups in total. The summed E-state index contributed by atoms with van der Waals surface area (Å²) in [6.45, 7) is 2.47. The molecule has 0 atom stereocenters. The first kappa shape index (κ1) is 13.6. The molecule has 0 spiro atoms. The normalized spacial score (nSPS) is 15.8. The predicted molar refractivity (Wildman–Crippen MR) is 74.6 cm³/mol. The Bertz CT molecular complexity index is 471. The van der Waals surface area contributed by atoms with Gasteiger partial charge in [-0.1, -0.05) is 31.2 Å². The van der Waals surface area contributed by atoms with Crippen molar-refractivity contribution >= 4 is 9.84 Å². The lowest BCUT2D eigenvalue weighted by Gasteiger charge is -2.11. The van der Waals surface area contributed by atoms with Crippen LogP contribution in [-0.2, 0) is 22.7 Å². The molecule has 0 saturated heterocycles. The largest absolute Gasteiger partial charge is 0.312 e. The zero-order valence-corrected chi connectivity index (χ0v) is 11.7. The molecule has 1 aliphatic carbocycles. The molecule has 1 aromatic rings. The second-order valence-corrected chi connectivity index (χ2v) is 7.28. The van der Waals surface area contributed by atoms with Crippen LogP contribution in [0.4, 0.5) is 0 Å². The Kier molecular flexibility index (Phi) is 4.40. The van der Waals surface area contributed by atoms with Gasteiger partial charge in [-0.25, -0.2) is 8.42 Å². The maximum Gasteiger partial charge on any atom is 0.151 e. The summed E-state index contributed by atoms with van der Waals surface area (Å²) in [6.07, 6.45) is 2.74. The lowest BCUT2D eigenvalue weighted by Crippen LogP contribution is -2.34. The molecular formula is C14H21NO2S. The molecule has 4 heteroatoms. The minimum Gasteiger partial charge on any atom is -0.312 e. The van der Waals surface area contributed by atoms with E-state index >= 15 is 0 Å². The maximum absolute atomic E-state index is 11.6. The summed E-state index contributed by atoms with van der Waals surface area (Å²) in [4.78, 5) is 0. The lowest BCUT2D eigenvalue weighted by atomic mass is 10.1. The van der Waals surface area contributed by atoms with E-state index in [-0.39, 0.29) is 5.75 Å². The van der Waals surface area contributed by atoms with Crippen LogP contribution in [0.3, 0.4) is 0 Å². The van der Waals surface area contributed by atoms with E-state index in [4.69, 9.17) is 0 Å². The van der Waals surface area contributed by atoms with Gasteiger partial charge >= 0.3 is 0 Å². The van der Waals surface area contributed by atoms with Gasteiger partial charge in [0.25, 0.3) is 0 Å². The van der Waals surface area contributed by atoms with Crippen molar-refractivity contribution in [3.8, 4) is 0 Å². The second-order valence-electron chi connectivity index (χ2n) is 4.98. The van der Waals surface area contributed by atoms with Crippen LogP contribution in [0.25, 0.3) is 0 Å². The Morgan fingerprint density at radius 2 is 1.78 bits per heavy atom. The molecule has 0 saturated carbocycles. The van der Waals surface area contributed by atoms with E-state index in [1.54, 1.807) is 0 Å². The summed E-state index contributed by atoms with van der Waals surface area (Å²) in [6, 6.07) is 8.84. The number of hydrogen-bond acceptors (Lipinski definition) is 3. The third kappa shape index (κ3) is 3.56. The van der Waals surface area contributed by atoms with E-state index in [1.165, 1.54) is 11.1 Å². The van der Waals surface area contributed by atoms with E-state index in [2.05, 4.69) is 29.6 Å². The lowest BCUT2D eigenvalue weighted by molar-refractivity contribution is 0.543. The van der Waals surface area contributed by atoms with Crippen LogP contribution in [-0.4, -0.2) is 32.5 Å². The Hall–Kier alpha value is -0.870. The maximum atomic E-state index is 11.6. The van der Waals surface area contributed by atoms with Gasteiger partial charge < -0.3 is 5.32 Å². The fourth-order valence-electron chi connectivity index (χ4n) is 2.53. The molecular weight excluding hydrogens is 246 g/mol. The van der Waals surface area contributed by atoms with Crippen LogP contribution in [0.5, 0.6) is 0 Å². The average Bonchev–Trinajstić information content (AvgIpc) is 2.71. The molecule has 2 rings (SSSR count). The molecule has 100 valence electrons. The summed E-state index contributed by atoms with van der Waals surface area (Å²) >= 11 is 0. The summed E-state index contributed by atoms with van der Waals surface area (Å²) in [5.41, 5.74) is 2.79. The first-order chi connectivity index (χ1) is 8.61.